The number of halogens is 2. The zero-order valence-corrected chi connectivity index (χ0v) is 11.1. The van der Waals surface area contributed by atoms with Crippen LogP contribution in [0.1, 0.15) is 18.1 Å². The van der Waals surface area contributed by atoms with Crippen LogP contribution in [0.25, 0.3) is 0 Å². The highest BCUT2D eigenvalue weighted by Gasteiger charge is 2.24. The summed E-state index contributed by atoms with van der Waals surface area (Å²) in [7, 11) is 0. The first-order valence-electron chi connectivity index (χ1n) is 5.50. The molecular formula is C12H14Cl2N2O. The molecule has 0 saturated heterocycles. The van der Waals surface area contributed by atoms with Gasteiger partial charge in [-0.05, 0) is 36.6 Å². The molecule has 0 fully saturated rings. The molecule has 0 unspecified atom stereocenters. The van der Waals surface area contributed by atoms with Crippen molar-refractivity contribution in [2.45, 2.75) is 25.9 Å². The summed E-state index contributed by atoms with van der Waals surface area (Å²) in [5.41, 5.74) is 7.71. The van der Waals surface area contributed by atoms with Gasteiger partial charge >= 0.3 is 0 Å². The SMILES string of the molecule is C[C@H](N)C(=O)N1CCc2cc(Cl)cc(Cl)c2C1. The van der Waals surface area contributed by atoms with Crippen LogP contribution in [0.2, 0.25) is 10.0 Å². The third kappa shape index (κ3) is 2.57. The summed E-state index contributed by atoms with van der Waals surface area (Å²) in [5.74, 6) is -0.0401. The van der Waals surface area contributed by atoms with Gasteiger partial charge in [0.1, 0.15) is 0 Å². The summed E-state index contributed by atoms with van der Waals surface area (Å²) < 4.78 is 0. The van der Waals surface area contributed by atoms with Crippen molar-refractivity contribution in [3.05, 3.63) is 33.3 Å². The summed E-state index contributed by atoms with van der Waals surface area (Å²) in [6, 6.07) is 3.15. The largest absolute Gasteiger partial charge is 0.337 e. The lowest BCUT2D eigenvalue weighted by Gasteiger charge is -2.30. The maximum atomic E-state index is 11.8. The van der Waals surface area contributed by atoms with E-state index in [0.29, 0.717) is 23.1 Å². The fraction of sp³-hybridized carbons (Fsp3) is 0.417. The van der Waals surface area contributed by atoms with Crippen LogP contribution in [0.5, 0.6) is 0 Å². The molecule has 5 heteroatoms. The lowest BCUT2D eigenvalue weighted by Crippen LogP contribution is -2.44. The second-order valence-electron chi connectivity index (χ2n) is 4.32. The quantitative estimate of drug-likeness (QED) is 0.852. The Labute approximate surface area is 110 Å². The van der Waals surface area contributed by atoms with E-state index in [4.69, 9.17) is 28.9 Å². The highest BCUT2D eigenvalue weighted by atomic mass is 35.5. The van der Waals surface area contributed by atoms with E-state index < -0.39 is 6.04 Å². The maximum absolute atomic E-state index is 11.8. The van der Waals surface area contributed by atoms with E-state index in [1.807, 2.05) is 6.07 Å². The molecule has 1 heterocycles. The molecule has 1 aliphatic heterocycles. The third-order valence-corrected chi connectivity index (χ3v) is 3.51. The van der Waals surface area contributed by atoms with E-state index in [-0.39, 0.29) is 5.91 Å². The Kier molecular flexibility index (Phi) is 3.61. The standard InChI is InChI=1S/C12H14Cl2N2O/c1-7(15)12(17)16-3-2-8-4-9(13)5-11(14)10(8)6-16/h4-5,7H,2-3,6,15H2,1H3/t7-/m0/s1. The van der Waals surface area contributed by atoms with Crippen LogP contribution in [0.15, 0.2) is 12.1 Å². The minimum atomic E-state index is -0.470. The van der Waals surface area contributed by atoms with Crippen LogP contribution in [-0.2, 0) is 17.8 Å². The van der Waals surface area contributed by atoms with Gasteiger partial charge in [-0.2, -0.15) is 0 Å². The molecule has 1 aliphatic rings. The van der Waals surface area contributed by atoms with Gasteiger partial charge in [0, 0.05) is 23.1 Å². The molecule has 0 aromatic heterocycles. The Hall–Kier alpha value is -0.770. The van der Waals surface area contributed by atoms with Crippen LogP contribution in [-0.4, -0.2) is 23.4 Å². The zero-order valence-electron chi connectivity index (χ0n) is 9.54. The number of amides is 1. The van der Waals surface area contributed by atoms with Crippen molar-refractivity contribution in [1.29, 1.82) is 0 Å². The van der Waals surface area contributed by atoms with Gasteiger partial charge in [0.25, 0.3) is 0 Å². The van der Waals surface area contributed by atoms with Gasteiger partial charge in [-0.3, -0.25) is 4.79 Å². The van der Waals surface area contributed by atoms with Crippen molar-refractivity contribution in [3.8, 4) is 0 Å². The van der Waals surface area contributed by atoms with Crippen molar-refractivity contribution in [1.82, 2.24) is 4.90 Å². The molecule has 0 spiro atoms. The number of rotatable bonds is 1. The molecule has 17 heavy (non-hydrogen) atoms. The van der Waals surface area contributed by atoms with Crippen molar-refractivity contribution in [3.63, 3.8) is 0 Å². The molecule has 92 valence electrons. The molecule has 0 bridgehead atoms. The van der Waals surface area contributed by atoms with Gasteiger partial charge in [0.15, 0.2) is 0 Å². The zero-order chi connectivity index (χ0) is 12.6. The summed E-state index contributed by atoms with van der Waals surface area (Å²) in [4.78, 5) is 13.6. The molecule has 2 rings (SSSR count). The second-order valence-corrected chi connectivity index (χ2v) is 5.17. The minimum absolute atomic E-state index is 0.0401. The van der Waals surface area contributed by atoms with Crippen molar-refractivity contribution >= 4 is 29.1 Å². The predicted octanol–water partition coefficient (Wildman–Crippen LogP) is 2.23. The van der Waals surface area contributed by atoms with Crippen molar-refractivity contribution in [2.24, 2.45) is 5.73 Å². The summed E-state index contributed by atoms with van der Waals surface area (Å²) in [6.07, 6.45) is 0.772. The number of benzene rings is 1. The third-order valence-electron chi connectivity index (χ3n) is 2.95. The average molecular weight is 273 g/mol. The van der Waals surface area contributed by atoms with Gasteiger partial charge in [-0.1, -0.05) is 23.2 Å². The molecule has 1 aromatic rings. The van der Waals surface area contributed by atoms with Gasteiger partial charge in [0.2, 0.25) is 5.91 Å². The van der Waals surface area contributed by atoms with Crippen molar-refractivity contribution in [2.75, 3.05) is 6.54 Å². The lowest BCUT2D eigenvalue weighted by atomic mass is 9.99. The Balaban J connectivity index is 2.27. The Bertz CT molecular complexity index is 460. The Morgan fingerprint density at radius 3 is 2.82 bits per heavy atom. The van der Waals surface area contributed by atoms with Crippen LogP contribution in [0.4, 0.5) is 0 Å². The average Bonchev–Trinajstić information content (AvgIpc) is 2.27. The van der Waals surface area contributed by atoms with Crippen LogP contribution < -0.4 is 5.73 Å². The van der Waals surface area contributed by atoms with E-state index >= 15 is 0 Å². The van der Waals surface area contributed by atoms with Gasteiger partial charge in [0.05, 0.1) is 6.04 Å². The van der Waals surface area contributed by atoms with Crippen LogP contribution in [0, 0.1) is 0 Å². The molecule has 1 amide bonds. The normalized spacial score (nSPS) is 16.6. The lowest BCUT2D eigenvalue weighted by molar-refractivity contribution is -0.133. The summed E-state index contributed by atoms with van der Waals surface area (Å²) in [6.45, 7) is 2.89. The van der Waals surface area contributed by atoms with Crippen molar-refractivity contribution < 1.29 is 4.79 Å². The monoisotopic (exact) mass is 272 g/mol. The molecular weight excluding hydrogens is 259 g/mol. The first kappa shape index (κ1) is 12.7. The maximum Gasteiger partial charge on any atom is 0.239 e. The summed E-state index contributed by atoms with van der Waals surface area (Å²) >= 11 is 12.1. The Morgan fingerprint density at radius 2 is 2.18 bits per heavy atom. The highest BCUT2D eigenvalue weighted by Crippen LogP contribution is 2.30. The number of fused-ring (bicyclic) bond motifs is 1. The number of carbonyl (C=O) groups is 1. The fourth-order valence-corrected chi connectivity index (χ4v) is 2.65. The van der Waals surface area contributed by atoms with E-state index in [9.17, 15) is 4.79 Å². The second kappa shape index (κ2) is 4.84. The van der Waals surface area contributed by atoms with Gasteiger partial charge in [-0.25, -0.2) is 0 Å². The number of hydrogen-bond acceptors (Lipinski definition) is 2. The predicted molar refractivity (Wildman–Crippen MR) is 69.2 cm³/mol. The minimum Gasteiger partial charge on any atom is -0.337 e. The number of hydrogen-bond donors (Lipinski definition) is 1. The van der Waals surface area contributed by atoms with Crippen LogP contribution >= 0.6 is 23.2 Å². The molecule has 1 atom stereocenters. The van der Waals surface area contributed by atoms with E-state index in [1.54, 1.807) is 17.9 Å². The topological polar surface area (TPSA) is 46.3 Å². The number of nitrogens with two attached hydrogens (primary N) is 1. The summed E-state index contributed by atoms with van der Waals surface area (Å²) in [5, 5.41) is 1.26. The molecule has 0 aliphatic carbocycles. The first-order valence-corrected chi connectivity index (χ1v) is 6.26. The molecule has 0 saturated carbocycles. The highest BCUT2D eigenvalue weighted by molar-refractivity contribution is 6.35. The molecule has 2 N–H and O–H groups in total. The molecule has 0 radical (unpaired) electrons. The number of nitrogens with zero attached hydrogens (tertiary/aromatic N) is 1. The molecule has 3 nitrogen and oxygen atoms in total. The van der Waals surface area contributed by atoms with Gasteiger partial charge < -0.3 is 10.6 Å². The molecule has 1 aromatic carbocycles. The fourth-order valence-electron chi connectivity index (χ4n) is 2.06. The van der Waals surface area contributed by atoms with E-state index in [1.165, 1.54) is 0 Å². The van der Waals surface area contributed by atoms with E-state index in [0.717, 1.165) is 17.5 Å². The smallest absolute Gasteiger partial charge is 0.239 e. The first-order chi connectivity index (χ1) is 7.99. The van der Waals surface area contributed by atoms with Crippen LogP contribution in [0.3, 0.4) is 0 Å². The Morgan fingerprint density at radius 1 is 1.47 bits per heavy atom. The van der Waals surface area contributed by atoms with Gasteiger partial charge in [-0.15, -0.1) is 0 Å². The number of carbonyl (C=O) groups excluding carboxylic acids is 1. The van der Waals surface area contributed by atoms with E-state index in [2.05, 4.69) is 0 Å².